The molecule has 2 aliphatic rings. The number of benzene rings is 3. The summed E-state index contributed by atoms with van der Waals surface area (Å²) < 4.78 is 1.41. The van der Waals surface area contributed by atoms with Crippen LogP contribution < -0.4 is 15.1 Å². The van der Waals surface area contributed by atoms with Crippen LogP contribution in [0.5, 0.6) is 0 Å². The number of anilines is 2. The fraction of sp³-hybridized carbons (Fsp3) is 0.172. The summed E-state index contributed by atoms with van der Waals surface area (Å²) in [4.78, 5) is 55.3. The van der Waals surface area contributed by atoms with E-state index in [1.54, 1.807) is 48.5 Å². The average Bonchev–Trinajstić information content (AvgIpc) is 3.37. The van der Waals surface area contributed by atoms with E-state index in [-0.39, 0.29) is 29.1 Å². The van der Waals surface area contributed by atoms with Crippen molar-refractivity contribution in [2.75, 3.05) is 10.2 Å². The minimum absolute atomic E-state index is 0.208. The van der Waals surface area contributed by atoms with E-state index in [2.05, 4.69) is 5.32 Å². The van der Waals surface area contributed by atoms with E-state index in [0.717, 1.165) is 22.5 Å². The maximum atomic E-state index is 13.8. The van der Waals surface area contributed by atoms with Gasteiger partial charge in [0.1, 0.15) is 11.8 Å². The van der Waals surface area contributed by atoms with E-state index >= 15 is 0 Å². The molecule has 10 heteroatoms. The summed E-state index contributed by atoms with van der Waals surface area (Å²) in [5, 5.41) is 3.17. The number of halogens is 1. The monoisotopic (exact) mass is 575 g/mol. The molecule has 0 radical (unpaired) electrons. The van der Waals surface area contributed by atoms with Gasteiger partial charge in [0.25, 0.3) is 0 Å². The number of hydrogen-bond donors (Lipinski definition) is 1. The van der Waals surface area contributed by atoms with Gasteiger partial charge in [0.2, 0.25) is 17.7 Å². The molecule has 6 rings (SSSR count). The maximum absolute atomic E-state index is 13.8. The summed E-state index contributed by atoms with van der Waals surface area (Å²) in [6, 6.07) is 23.4. The molecule has 7 nitrogen and oxygen atoms in total. The van der Waals surface area contributed by atoms with Crippen molar-refractivity contribution in [3.05, 3.63) is 110 Å². The van der Waals surface area contributed by atoms with Crippen molar-refractivity contribution in [1.29, 1.82) is 0 Å². The van der Waals surface area contributed by atoms with Crippen molar-refractivity contribution < 1.29 is 14.4 Å². The highest BCUT2D eigenvalue weighted by molar-refractivity contribution is 8.00. The van der Waals surface area contributed by atoms with Gasteiger partial charge in [-0.1, -0.05) is 82.7 Å². The van der Waals surface area contributed by atoms with Gasteiger partial charge >= 0.3 is 4.87 Å². The first-order valence-electron chi connectivity index (χ1n) is 12.3. The average molecular weight is 576 g/mol. The second-order valence-electron chi connectivity index (χ2n) is 9.48. The number of carbonyl (C=O) groups is 3. The molecule has 1 saturated heterocycles. The molecule has 39 heavy (non-hydrogen) atoms. The second-order valence-corrected chi connectivity index (χ2v) is 12.0. The number of para-hydroxylation sites is 1. The normalized spacial score (nSPS) is 20.1. The lowest BCUT2D eigenvalue weighted by atomic mass is 9.83. The Labute approximate surface area is 237 Å². The van der Waals surface area contributed by atoms with E-state index in [0.29, 0.717) is 26.3 Å². The van der Waals surface area contributed by atoms with Crippen LogP contribution in [-0.2, 0) is 20.9 Å². The van der Waals surface area contributed by atoms with Crippen molar-refractivity contribution >= 4 is 63.8 Å². The van der Waals surface area contributed by atoms with Crippen molar-refractivity contribution in [2.24, 2.45) is 5.92 Å². The third-order valence-electron chi connectivity index (χ3n) is 6.93. The van der Waals surface area contributed by atoms with Crippen molar-refractivity contribution in [3.8, 4) is 0 Å². The van der Waals surface area contributed by atoms with E-state index in [9.17, 15) is 19.2 Å². The van der Waals surface area contributed by atoms with Crippen LogP contribution in [-0.4, -0.2) is 27.5 Å². The molecule has 1 N–H and O–H groups in total. The molecule has 3 heterocycles. The Morgan fingerprint density at radius 2 is 1.62 bits per heavy atom. The maximum Gasteiger partial charge on any atom is 0.308 e. The van der Waals surface area contributed by atoms with Crippen molar-refractivity contribution in [2.45, 2.75) is 29.7 Å². The third kappa shape index (κ3) is 4.60. The number of nitrogens with one attached hydrogen (secondary N) is 1. The minimum Gasteiger partial charge on any atom is -0.325 e. The standard InChI is InChI=1S/C29H22ClN3O4S2/c1-16-7-13-19(14-8-16)31-21(34)15-32-28-25(39-29(32)37)22(17-9-11-18(30)12-10-17)23-24(38-28)27(36)33(26(23)35)20-5-3-2-4-6-20/h2-14,22-24H,15H2,1H3,(H,31,34)/t22-,23-,24+/m0/s1. The molecule has 0 saturated carbocycles. The predicted molar refractivity (Wildman–Crippen MR) is 154 cm³/mol. The fourth-order valence-electron chi connectivity index (χ4n) is 5.10. The van der Waals surface area contributed by atoms with Crippen LogP contribution in [0.1, 0.15) is 21.9 Å². The number of carbonyl (C=O) groups excluding carboxylic acids is 3. The summed E-state index contributed by atoms with van der Waals surface area (Å²) in [6.07, 6.45) is 0. The molecule has 2 aliphatic heterocycles. The van der Waals surface area contributed by atoms with Gasteiger partial charge in [-0.15, -0.1) is 0 Å². The number of nitrogens with zero attached hydrogens (tertiary/aromatic N) is 2. The highest BCUT2D eigenvalue weighted by Crippen LogP contribution is 2.53. The molecule has 0 bridgehead atoms. The van der Waals surface area contributed by atoms with Crippen LogP contribution in [0.25, 0.3) is 0 Å². The second kappa shape index (κ2) is 10.1. The van der Waals surface area contributed by atoms with Gasteiger partial charge in [0, 0.05) is 21.5 Å². The van der Waals surface area contributed by atoms with E-state index < -0.39 is 17.1 Å². The fourth-order valence-corrected chi connectivity index (χ4v) is 8.00. The zero-order valence-electron chi connectivity index (χ0n) is 20.7. The Morgan fingerprint density at radius 1 is 0.923 bits per heavy atom. The Hall–Kier alpha value is -3.66. The van der Waals surface area contributed by atoms with Gasteiger partial charge in [0.05, 0.1) is 16.6 Å². The zero-order valence-corrected chi connectivity index (χ0v) is 23.1. The van der Waals surface area contributed by atoms with Gasteiger partial charge in [-0.25, -0.2) is 4.90 Å². The van der Waals surface area contributed by atoms with Crippen LogP contribution in [0.15, 0.2) is 88.7 Å². The first kappa shape index (κ1) is 25.6. The minimum atomic E-state index is -0.744. The van der Waals surface area contributed by atoms with Crippen LogP contribution in [0, 0.1) is 12.8 Å². The lowest BCUT2D eigenvalue weighted by molar-refractivity contribution is -0.122. The molecule has 3 aromatic carbocycles. The van der Waals surface area contributed by atoms with E-state index in [1.165, 1.54) is 21.2 Å². The number of rotatable bonds is 5. The number of imide groups is 1. The number of thiazole rings is 1. The smallest absolute Gasteiger partial charge is 0.308 e. The third-order valence-corrected chi connectivity index (χ3v) is 9.79. The van der Waals surface area contributed by atoms with Crippen molar-refractivity contribution in [1.82, 2.24) is 4.57 Å². The topological polar surface area (TPSA) is 88.5 Å². The molecule has 3 atom stereocenters. The molecule has 4 aromatic rings. The molecule has 196 valence electrons. The van der Waals surface area contributed by atoms with Gasteiger partial charge in [-0.2, -0.15) is 0 Å². The Bertz CT molecular complexity index is 1650. The summed E-state index contributed by atoms with van der Waals surface area (Å²) in [5.41, 5.74) is 2.99. The molecule has 1 aromatic heterocycles. The molecule has 0 aliphatic carbocycles. The Balaban J connectivity index is 1.40. The Kier molecular flexibility index (Phi) is 6.66. The summed E-state index contributed by atoms with van der Waals surface area (Å²) in [7, 11) is 0. The number of aromatic nitrogens is 1. The van der Waals surface area contributed by atoms with Crippen LogP contribution in [0.4, 0.5) is 11.4 Å². The SMILES string of the molecule is Cc1ccc(NC(=O)Cn2c3c(sc2=O)[C@@H](c2ccc(Cl)cc2)[C@@H]2C(=O)N(c4ccccc4)C(=O)[C@@H]2S3)cc1. The molecule has 0 unspecified atom stereocenters. The largest absolute Gasteiger partial charge is 0.325 e. The van der Waals surface area contributed by atoms with Gasteiger partial charge in [0.15, 0.2) is 0 Å². The highest BCUT2D eigenvalue weighted by atomic mass is 35.5. The first-order valence-corrected chi connectivity index (χ1v) is 14.3. The predicted octanol–water partition coefficient (Wildman–Crippen LogP) is 5.31. The number of hydrogen-bond acceptors (Lipinski definition) is 6. The summed E-state index contributed by atoms with van der Waals surface area (Å²) in [6.45, 7) is 1.75. The van der Waals surface area contributed by atoms with Gasteiger partial charge < -0.3 is 5.32 Å². The van der Waals surface area contributed by atoms with Crippen LogP contribution in [0.2, 0.25) is 5.02 Å². The van der Waals surface area contributed by atoms with Gasteiger partial charge in [-0.3, -0.25) is 23.7 Å². The summed E-state index contributed by atoms with van der Waals surface area (Å²) >= 11 is 8.36. The molecule has 3 amide bonds. The van der Waals surface area contributed by atoms with Crippen LogP contribution >= 0.6 is 34.7 Å². The molecule has 1 fully saturated rings. The first-order chi connectivity index (χ1) is 18.8. The molecule has 0 spiro atoms. The van der Waals surface area contributed by atoms with Gasteiger partial charge in [-0.05, 0) is 48.9 Å². The molecular formula is C29H22ClN3O4S2. The number of aryl methyl sites for hydroxylation is 1. The molecular weight excluding hydrogens is 554 g/mol. The number of amides is 3. The van der Waals surface area contributed by atoms with Crippen LogP contribution in [0.3, 0.4) is 0 Å². The number of thioether (sulfide) groups is 1. The number of fused-ring (bicyclic) bond motifs is 2. The Morgan fingerprint density at radius 3 is 2.31 bits per heavy atom. The lowest BCUT2D eigenvalue weighted by Crippen LogP contribution is -2.33. The van der Waals surface area contributed by atoms with E-state index in [4.69, 9.17) is 11.6 Å². The highest BCUT2D eigenvalue weighted by Gasteiger charge is 2.56. The zero-order chi connectivity index (χ0) is 27.3. The van der Waals surface area contributed by atoms with E-state index in [1.807, 2.05) is 37.3 Å². The van der Waals surface area contributed by atoms with Crippen molar-refractivity contribution in [3.63, 3.8) is 0 Å². The lowest BCUT2D eigenvalue weighted by Gasteiger charge is -2.30. The quantitative estimate of drug-likeness (QED) is 0.326. The summed E-state index contributed by atoms with van der Waals surface area (Å²) in [5.74, 6) is -2.23.